The van der Waals surface area contributed by atoms with Gasteiger partial charge in [0, 0.05) is 31.1 Å². The van der Waals surface area contributed by atoms with E-state index in [-0.39, 0.29) is 23.6 Å². The standard InChI is InChI=1S/C18H26O4/c1-12-15-11-17(20)14(13(15)9-10-16(12)19)7-5-3-4-6-8-18(21)22-2/h12,14H,3-11H2,1-2H3. The Kier molecular flexibility index (Phi) is 5.92. The monoisotopic (exact) mass is 306 g/mol. The molecule has 0 aromatic rings. The van der Waals surface area contributed by atoms with Crippen LogP contribution in [0.25, 0.3) is 0 Å². The maximum atomic E-state index is 12.2. The third kappa shape index (κ3) is 3.84. The van der Waals surface area contributed by atoms with Gasteiger partial charge in [0.1, 0.15) is 11.6 Å². The van der Waals surface area contributed by atoms with Crippen LogP contribution < -0.4 is 0 Å². The van der Waals surface area contributed by atoms with Crippen molar-refractivity contribution in [3.63, 3.8) is 0 Å². The minimum Gasteiger partial charge on any atom is -0.469 e. The molecule has 122 valence electrons. The number of esters is 1. The normalized spacial score (nSPS) is 24.6. The highest BCUT2D eigenvalue weighted by Gasteiger charge is 2.38. The van der Waals surface area contributed by atoms with Gasteiger partial charge >= 0.3 is 5.97 Å². The number of rotatable bonds is 7. The maximum Gasteiger partial charge on any atom is 0.305 e. The number of hydrogen-bond acceptors (Lipinski definition) is 4. The summed E-state index contributed by atoms with van der Waals surface area (Å²) >= 11 is 0. The lowest BCUT2D eigenvalue weighted by Gasteiger charge is -2.22. The number of allylic oxidation sites excluding steroid dienone is 2. The molecule has 0 saturated carbocycles. The molecule has 4 nitrogen and oxygen atoms in total. The molecule has 0 fully saturated rings. The third-order valence-electron chi connectivity index (χ3n) is 5.08. The van der Waals surface area contributed by atoms with Gasteiger partial charge in [0.25, 0.3) is 0 Å². The van der Waals surface area contributed by atoms with Gasteiger partial charge in [0.05, 0.1) is 7.11 Å². The SMILES string of the molecule is COC(=O)CCCCCCC1C(=O)CC2=C1CCC(=O)C2C. The highest BCUT2D eigenvalue weighted by atomic mass is 16.5. The first kappa shape index (κ1) is 16.9. The summed E-state index contributed by atoms with van der Waals surface area (Å²) in [6.45, 7) is 1.94. The zero-order valence-corrected chi connectivity index (χ0v) is 13.7. The van der Waals surface area contributed by atoms with E-state index in [1.54, 1.807) is 0 Å². The van der Waals surface area contributed by atoms with Gasteiger partial charge in [-0.1, -0.05) is 37.3 Å². The third-order valence-corrected chi connectivity index (χ3v) is 5.08. The van der Waals surface area contributed by atoms with Gasteiger partial charge in [-0.25, -0.2) is 0 Å². The second-order valence-electron chi connectivity index (χ2n) is 6.46. The van der Waals surface area contributed by atoms with Crippen LogP contribution in [-0.2, 0) is 19.1 Å². The zero-order valence-electron chi connectivity index (χ0n) is 13.7. The lowest BCUT2D eigenvalue weighted by Crippen LogP contribution is -2.19. The fourth-order valence-corrected chi connectivity index (χ4v) is 3.69. The number of ketones is 2. The summed E-state index contributed by atoms with van der Waals surface area (Å²) in [6, 6.07) is 0. The topological polar surface area (TPSA) is 60.4 Å². The van der Waals surface area contributed by atoms with Crippen LogP contribution in [0.4, 0.5) is 0 Å². The van der Waals surface area contributed by atoms with Crippen molar-refractivity contribution in [3.05, 3.63) is 11.1 Å². The molecule has 2 unspecified atom stereocenters. The molecule has 0 N–H and O–H groups in total. The molecule has 22 heavy (non-hydrogen) atoms. The quantitative estimate of drug-likeness (QED) is 0.411. The number of ether oxygens (including phenoxy) is 1. The van der Waals surface area contributed by atoms with Gasteiger partial charge in [-0.3, -0.25) is 14.4 Å². The van der Waals surface area contributed by atoms with Crippen LogP contribution in [-0.4, -0.2) is 24.6 Å². The summed E-state index contributed by atoms with van der Waals surface area (Å²) in [5, 5.41) is 0. The summed E-state index contributed by atoms with van der Waals surface area (Å²) in [4.78, 5) is 35.0. The largest absolute Gasteiger partial charge is 0.469 e. The van der Waals surface area contributed by atoms with Crippen LogP contribution >= 0.6 is 0 Å². The summed E-state index contributed by atoms with van der Waals surface area (Å²) in [7, 11) is 1.41. The minimum absolute atomic E-state index is 0.0437. The Hall–Kier alpha value is -1.45. The number of hydrogen-bond donors (Lipinski definition) is 0. The Balaban J connectivity index is 1.76. The van der Waals surface area contributed by atoms with Crippen LogP contribution in [0.1, 0.15) is 64.7 Å². The van der Waals surface area contributed by atoms with Crippen molar-refractivity contribution in [1.82, 2.24) is 0 Å². The fraction of sp³-hybridized carbons (Fsp3) is 0.722. The van der Waals surface area contributed by atoms with E-state index in [1.165, 1.54) is 12.7 Å². The first-order chi connectivity index (χ1) is 10.5. The lowest BCUT2D eigenvalue weighted by atomic mass is 9.81. The lowest BCUT2D eigenvalue weighted by molar-refractivity contribution is -0.140. The smallest absolute Gasteiger partial charge is 0.305 e. The van der Waals surface area contributed by atoms with Gasteiger partial charge in [-0.15, -0.1) is 0 Å². The molecule has 0 amide bonds. The Morgan fingerprint density at radius 2 is 1.77 bits per heavy atom. The first-order valence-corrected chi connectivity index (χ1v) is 8.38. The number of carbonyl (C=O) groups is 3. The molecule has 2 rings (SSSR count). The van der Waals surface area contributed by atoms with Gasteiger partial charge in [0.15, 0.2) is 0 Å². The highest BCUT2D eigenvalue weighted by molar-refractivity contribution is 5.95. The van der Waals surface area contributed by atoms with Crippen molar-refractivity contribution < 1.29 is 19.1 Å². The first-order valence-electron chi connectivity index (χ1n) is 8.38. The number of unbranched alkanes of at least 4 members (excludes halogenated alkanes) is 3. The number of Topliss-reactive ketones (excluding diaryl/α,β-unsaturated/α-hetero) is 2. The van der Waals surface area contributed by atoms with Crippen molar-refractivity contribution in [1.29, 1.82) is 0 Å². The predicted octanol–water partition coefficient (Wildman–Crippen LogP) is 3.38. The Morgan fingerprint density at radius 3 is 2.50 bits per heavy atom. The van der Waals surface area contributed by atoms with Gasteiger partial charge in [-0.05, 0) is 19.3 Å². The summed E-state index contributed by atoms with van der Waals surface area (Å²) in [6.07, 6.45) is 7.16. The van der Waals surface area contributed by atoms with E-state index in [0.717, 1.165) is 44.1 Å². The number of carbonyl (C=O) groups excluding carboxylic acids is 3. The molecule has 2 aliphatic rings. The Bertz CT molecular complexity index is 489. The molecule has 0 aromatic carbocycles. The second kappa shape index (κ2) is 7.70. The van der Waals surface area contributed by atoms with Crippen molar-refractivity contribution in [3.8, 4) is 0 Å². The minimum atomic E-state index is -0.151. The molecule has 4 heteroatoms. The molecule has 0 aliphatic heterocycles. The second-order valence-corrected chi connectivity index (χ2v) is 6.46. The van der Waals surface area contributed by atoms with Crippen LogP contribution in [0.5, 0.6) is 0 Å². The average molecular weight is 306 g/mol. The molecule has 2 atom stereocenters. The van der Waals surface area contributed by atoms with Crippen LogP contribution in [0, 0.1) is 11.8 Å². The van der Waals surface area contributed by atoms with Crippen molar-refractivity contribution >= 4 is 17.5 Å². The molecule has 0 heterocycles. The molecule has 0 spiro atoms. The van der Waals surface area contributed by atoms with Gasteiger partial charge in [0.2, 0.25) is 0 Å². The molecule has 0 aromatic heterocycles. The van der Waals surface area contributed by atoms with E-state index in [1.807, 2.05) is 6.92 Å². The van der Waals surface area contributed by atoms with Crippen LogP contribution in [0.15, 0.2) is 11.1 Å². The Morgan fingerprint density at radius 1 is 1.05 bits per heavy atom. The molecular weight excluding hydrogens is 280 g/mol. The molecule has 0 radical (unpaired) electrons. The number of methoxy groups -OCH3 is 1. The predicted molar refractivity (Wildman–Crippen MR) is 83.3 cm³/mol. The fourth-order valence-electron chi connectivity index (χ4n) is 3.69. The van der Waals surface area contributed by atoms with Crippen LogP contribution in [0.2, 0.25) is 0 Å². The average Bonchev–Trinajstić information content (AvgIpc) is 2.83. The van der Waals surface area contributed by atoms with Crippen LogP contribution in [0.3, 0.4) is 0 Å². The molecule has 0 bridgehead atoms. The highest BCUT2D eigenvalue weighted by Crippen LogP contribution is 2.42. The van der Waals surface area contributed by atoms with E-state index in [9.17, 15) is 14.4 Å². The van der Waals surface area contributed by atoms with Crippen molar-refractivity contribution in [2.75, 3.05) is 7.11 Å². The summed E-state index contributed by atoms with van der Waals surface area (Å²) < 4.78 is 4.61. The Labute approximate surface area is 132 Å². The van der Waals surface area contributed by atoms with E-state index >= 15 is 0 Å². The van der Waals surface area contributed by atoms with E-state index in [2.05, 4.69) is 4.74 Å². The van der Waals surface area contributed by atoms with Crippen molar-refractivity contribution in [2.45, 2.75) is 64.7 Å². The zero-order chi connectivity index (χ0) is 16.1. The van der Waals surface area contributed by atoms with E-state index < -0.39 is 0 Å². The molecule has 2 aliphatic carbocycles. The van der Waals surface area contributed by atoms with Crippen molar-refractivity contribution in [2.24, 2.45) is 11.8 Å². The van der Waals surface area contributed by atoms with E-state index in [0.29, 0.717) is 25.0 Å². The summed E-state index contributed by atoms with van der Waals surface area (Å²) in [5.41, 5.74) is 2.39. The van der Waals surface area contributed by atoms with Gasteiger partial charge in [-0.2, -0.15) is 0 Å². The van der Waals surface area contributed by atoms with Gasteiger partial charge < -0.3 is 4.74 Å². The molecular formula is C18H26O4. The molecule has 0 saturated heterocycles. The summed E-state index contributed by atoms with van der Waals surface area (Å²) in [5.74, 6) is 0.460. The van der Waals surface area contributed by atoms with E-state index in [4.69, 9.17) is 0 Å². The maximum absolute atomic E-state index is 12.2.